The van der Waals surface area contributed by atoms with Crippen LogP contribution in [0.2, 0.25) is 0 Å². The third-order valence-corrected chi connectivity index (χ3v) is 7.41. The molecular formula is C16H20N2O4S2. The summed E-state index contributed by atoms with van der Waals surface area (Å²) in [4.78, 5) is 12.5. The van der Waals surface area contributed by atoms with E-state index in [1.165, 1.54) is 15.6 Å². The van der Waals surface area contributed by atoms with Crippen LogP contribution in [0.5, 0.6) is 0 Å². The topological polar surface area (TPSA) is 79.6 Å². The molecule has 2 atom stereocenters. The van der Waals surface area contributed by atoms with Crippen LogP contribution >= 0.6 is 11.3 Å². The summed E-state index contributed by atoms with van der Waals surface area (Å²) in [5.41, 5.74) is 0. The highest BCUT2D eigenvalue weighted by atomic mass is 32.2. The van der Waals surface area contributed by atoms with Crippen LogP contribution in [0.4, 0.5) is 0 Å². The number of furan rings is 1. The summed E-state index contributed by atoms with van der Waals surface area (Å²) in [6, 6.07) is 6.66. The Balaban J connectivity index is 1.66. The number of carbonyl (C=O) groups is 1. The van der Waals surface area contributed by atoms with E-state index < -0.39 is 10.0 Å². The van der Waals surface area contributed by atoms with Crippen LogP contribution in [0.25, 0.3) is 0 Å². The molecule has 2 aromatic rings. The van der Waals surface area contributed by atoms with Crippen molar-refractivity contribution in [2.24, 2.45) is 5.92 Å². The van der Waals surface area contributed by atoms with Crippen LogP contribution in [-0.2, 0) is 14.8 Å². The second-order valence-electron chi connectivity index (χ2n) is 5.88. The fraction of sp³-hybridized carbons (Fsp3) is 0.438. The number of carbonyl (C=O) groups excluding carboxylic acids is 1. The van der Waals surface area contributed by atoms with E-state index in [1.54, 1.807) is 35.9 Å². The van der Waals surface area contributed by atoms with Crippen molar-refractivity contribution in [3.8, 4) is 0 Å². The Kier molecular flexibility index (Phi) is 5.07. The lowest BCUT2D eigenvalue weighted by atomic mass is 9.98. The highest BCUT2D eigenvalue weighted by molar-refractivity contribution is 7.91. The van der Waals surface area contributed by atoms with Gasteiger partial charge in [0, 0.05) is 13.1 Å². The SMILES string of the molecule is C[C@@H](NC(=O)[C@@H]1CCCN(S(=O)(=O)c2cccs2)C1)c1ccco1. The maximum Gasteiger partial charge on any atom is 0.252 e. The van der Waals surface area contributed by atoms with Gasteiger partial charge in [-0.2, -0.15) is 4.31 Å². The molecule has 0 spiro atoms. The van der Waals surface area contributed by atoms with Crippen LogP contribution in [0.3, 0.4) is 0 Å². The van der Waals surface area contributed by atoms with Crippen molar-refractivity contribution < 1.29 is 17.6 Å². The fourth-order valence-electron chi connectivity index (χ4n) is 2.85. The maximum absolute atomic E-state index is 12.6. The molecule has 6 nitrogen and oxygen atoms in total. The van der Waals surface area contributed by atoms with Crippen LogP contribution in [0.1, 0.15) is 31.6 Å². The molecule has 3 rings (SSSR count). The largest absolute Gasteiger partial charge is 0.467 e. The lowest BCUT2D eigenvalue weighted by molar-refractivity contribution is -0.126. The molecule has 0 aliphatic carbocycles. The zero-order chi connectivity index (χ0) is 17.2. The highest BCUT2D eigenvalue weighted by Crippen LogP contribution is 2.27. The first-order valence-corrected chi connectivity index (χ1v) is 10.2. The van der Waals surface area contributed by atoms with Crippen molar-refractivity contribution in [3.05, 3.63) is 41.7 Å². The molecule has 0 radical (unpaired) electrons. The lowest BCUT2D eigenvalue weighted by Gasteiger charge is -2.31. The van der Waals surface area contributed by atoms with Gasteiger partial charge in [-0.3, -0.25) is 4.79 Å². The molecule has 0 saturated carbocycles. The van der Waals surface area contributed by atoms with Crippen molar-refractivity contribution in [2.45, 2.75) is 30.0 Å². The molecule has 1 aliphatic rings. The molecule has 0 bridgehead atoms. The van der Waals surface area contributed by atoms with Gasteiger partial charge in [0.15, 0.2) is 0 Å². The van der Waals surface area contributed by atoms with E-state index in [2.05, 4.69) is 5.32 Å². The Bertz CT molecular complexity index is 769. The summed E-state index contributed by atoms with van der Waals surface area (Å²) >= 11 is 1.20. The minimum atomic E-state index is -3.50. The molecule has 8 heteroatoms. The Morgan fingerprint density at radius 3 is 2.92 bits per heavy atom. The van der Waals surface area contributed by atoms with E-state index in [0.29, 0.717) is 29.4 Å². The van der Waals surface area contributed by atoms with Gasteiger partial charge in [0.1, 0.15) is 9.97 Å². The minimum Gasteiger partial charge on any atom is -0.467 e. The summed E-state index contributed by atoms with van der Waals surface area (Å²) in [6.07, 6.45) is 2.93. The predicted octanol–water partition coefficient (Wildman–Crippen LogP) is 2.62. The molecule has 1 aliphatic heterocycles. The van der Waals surface area contributed by atoms with Crippen molar-refractivity contribution in [3.63, 3.8) is 0 Å². The van der Waals surface area contributed by atoms with Gasteiger partial charge in [0.05, 0.1) is 18.2 Å². The van der Waals surface area contributed by atoms with Gasteiger partial charge in [-0.15, -0.1) is 11.3 Å². The van der Waals surface area contributed by atoms with Gasteiger partial charge in [0.25, 0.3) is 10.0 Å². The molecule has 3 heterocycles. The predicted molar refractivity (Wildman–Crippen MR) is 91.1 cm³/mol. The van der Waals surface area contributed by atoms with Gasteiger partial charge in [-0.05, 0) is 43.3 Å². The highest BCUT2D eigenvalue weighted by Gasteiger charge is 2.34. The third-order valence-electron chi connectivity index (χ3n) is 4.17. The van der Waals surface area contributed by atoms with E-state index in [1.807, 2.05) is 6.92 Å². The van der Waals surface area contributed by atoms with Gasteiger partial charge >= 0.3 is 0 Å². The maximum atomic E-state index is 12.6. The normalized spacial score (nSPS) is 20.6. The first kappa shape index (κ1) is 17.2. The monoisotopic (exact) mass is 368 g/mol. The van der Waals surface area contributed by atoms with Crippen molar-refractivity contribution in [1.29, 1.82) is 0 Å². The summed E-state index contributed by atoms with van der Waals surface area (Å²) in [5, 5.41) is 4.65. The molecule has 1 amide bonds. The molecule has 130 valence electrons. The number of sulfonamides is 1. The van der Waals surface area contributed by atoms with Crippen LogP contribution in [0, 0.1) is 5.92 Å². The second-order valence-corrected chi connectivity index (χ2v) is 8.99. The van der Waals surface area contributed by atoms with E-state index in [4.69, 9.17) is 4.42 Å². The Labute approximate surface area is 145 Å². The van der Waals surface area contributed by atoms with Crippen molar-refractivity contribution >= 4 is 27.3 Å². The Hall–Kier alpha value is -1.64. The van der Waals surface area contributed by atoms with E-state index in [-0.39, 0.29) is 24.4 Å². The summed E-state index contributed by atoms with van der Waals surface area (Å²) < 4.78 is 32.3. The number of nitrogens with zero attached hydrogens (tertiary/aromatic N) is 1. The minimum absolute atomic E-state index is 0.134. The van der Waals surface area contributed by atoms with E-state index >= 15 is 0 Å². The molecule has 24 heavy (non-hydrogen) atoms. The van der Waals surface area contributed by atoms with Gasteiger partial charge in [0.2, 0.25) is 5.91 Å². The summed E-state index contributed by atoms with van der Waals surface area (Å²) in [7, 11) is -3.50. The zero-order valence-electron chi connectivity index (χ0n) is 13.3. The number of thiophene rings is 1. The third kappa shape index (κ3) is 3.55. The van der Waals surface area contributed by atoms with Crippen molar-refractivity contribution in [2.75, 3.05) is 13.1 Å². The van der Waals surface area contributed by atoms with Crippen LogP contribution < -0.4 is 5.32 Å². The van der Waals surface area contributed by atoms with Gasteiger partial charge in [-0.25, -0.2) is 8.42 Å². The molecule has 1 fully saturated rings. The first-order chi connectivity index (χ1) is 11.5. The first-order valence-electron chi connectivity index (χ1n) is 7.86. The van der Waals surface area contributed by atoms with Crippen LogP contribution in [-0.4, -0.2) is 31.7 Å². The number of hydrogen-bond donors (Lipinski definition) is 1. The lowest BCUT2D eigenvalue weighted by Crippen LogP contribution is -2.45. The molecular weight excluding hydrogens is 348 g/mol. The molecule has 1 N–H and O–H groups in total. The van der Waals surface area contributed by atoms with Crippen LogP contribution in [0.15, 0.2) is 44.5 Å². The van der Waals surface area contributed by atoms with E-state index in [0.717, 1.165) is 0 Å². The van der Waals surface area contributed by atoms with Gasteiger partial charge < -0.3 is 9.73 Å². The number of hydrogen-bond acceptors (Lipinski definition) is 5. The number of nitrogens with one attached hydrogen (secondary N) is 1. The summed E-state index contributed by atoms with van der Waals surface area (Å²) in [5.74, 6) is 0.207. The second kappa shape index (κ2) is 7.08. The van der Waals surface area contributed by atoms with Gasteiger partial charge in [-0.1, -0.05) is 6.07 Å². The number of piperidine rings is 1. The fourth-order valence-corrected chi connectivity index (χ4v) is 5.52. The average Bonchev–Trinajstić information content (AvgIpc) is 3.28. The number of rotatable bonds is 5. The molecule has 2 aromatic heterocycles. The molecule has 1 saturated heterocycles. The average molecular weight is 368 g/mol. The molecule has 0 aromatic carbocycles. The zero-order valence-corrected chi connectivity index (χ0v) is 15.0. The standard InChI is InChI=1S/C16H20N2O4S2/c1-12(14-6-3-9-22-14)17-16(19)13-5-2-8-18(11-13)24(20,21)15-7-4-10-23-15/h3-4,6-7,9-10,12-13H,2,5,8,11H2,1H3,(H,17,19)/t12-,13-/m1/s1. The van der Waals surface area contributed by atoms with E-state index in [9.17, 15) is 13.2 Å². The van der Waals surface area contributed by atoms with Crippen molar-refractivity contribution in [1.82, 2.24) is 9.62 Å². The Morgan fingerprint density at radius 2 is 2.25 bits per heavy atom. The Morgan fingerprint density at radius 1 is 1.42 bits per heavy atom. The smallest absolute Gasteiger partial charge is 0.252 e. The summed E-state index contributed by atoms with van der Waals surface area (Å²) in [6.45, 7) is 2.52. The number of amides is 1. The molecule has 0 unspecified atom stereocenters. The quantitative estimate of drug-likeness (QED) is 0.880.